The van der Waals surface area contributed by atoms with Gasteiger partial charge in [-0.2, -0.15) is 17.5 Å². The van der Waals surface area contributed by atoms with Crippen LogP contribution in [0.15, 0.2) is 17.0 Å². The average molecular weight is 421 g/mol. The van der Waals surface area contributed by atoms with Crippen molar-refractivity contribution in [3.05, 3.63) is 23.5 Å². The highest BCUT2D eigenvalue weighted by Gasteiger charge is 2.41. The number of piperazine rings is 1. The minimum absolute atomic E-state index is 0.141. The lowest BCUT2D eigenvalue weighted by Gasteiger charge is -2.43. The summed E-state index contributed by atoms with van der Waals surface area (Å²) >= 11 is 0. The summed E-state index contributed by atoms with van der Waals surface area (Å²) in [5.74, 6) is 0. The number of nitrogens with zero attached hydrogens (tertiary/aromatic N) is 3. The van der Waals surface area contributed by atoms with Crippen molar-refractivity contribution in [1.82, 2.24) is 14.2 Å². The van der Waals surface area contributed by atoms with Crippen LogP contribution < -0.4 is 0 Å². The van der Waals surface area contributed by atoms with Crippen LogP contribution in [0.5, 0.6) is 0 Å². The van der Waals surface area contributed by atoms with Gasteiger partial charge in [0.1, 0.15) is 10.6 Å². The van der Waals surface area contributed by atoms with Crippen molar-refractivity contribution >= 4 is 10.0 Å². The van der Waals surface area contributed by atoms with Crippen LogP contribution in [0.3, 0.4) is 0 Å². The van der Waals surface area contributed by atoms with Gasteiger partial charge in [-0.1, -0.05) is 0 Å². The molecule has 10 heteroatoms. The van der Waals surface area contributed by atoms with Crippen molar-refractivity contribution in [2.45, 2.75) is 56.3 Å². The molecule has 0 N–H and O–H groups in total. The van der Waals surface area contributed by atoms with Crippen molar-refractivity contribution in [2.24, 2.45) is 0 Å². The Hall–Kier alpha value is -1.23. The zero-order valence-electron chi connectivity index (χ0n) is 16.3. The van der Waals surface area contributed by atoms with Crippen LogP contribution in [-0.4, -0.2) is 67.0 Å². The number of rotatable bonds is 4. The van der Waals surface area contributed by atoms with Crippen LogP contribution in [-0.2, 0) is 20.9 Å². The van der Waals surface area contributed by atoms with E-state index < -0.39 is 21.9 Å². The van der Waals surface area contributed by atoms with Gasteiger partial charge in [-0.05, 0) is 45.7 Å². The van der Waals surface area contributed by atoms with E-state index in [1.54, 1.807) is 0 Å². The molecule has 28 heavy (non-hydrogen) atoms. The fourth-order valence-electron chi connectivity index (χ4n) is 3.97. The summed E-state index contributed by atoms with van der Waals surface area (Å²) in [6.07, 6.45) is -2.61. The molecule has 0 radical (unpaired) electrons. The molecule has 2 saturated heterocycles. The Labute approximate surface area is 163 Å². The third-order valence-corrected chi connectivity index (χ3v) is 7.93. The van der Waals surface area contributed by atoms with Gasteiger partial charge < -0.3 is 4.74 Å². The maximum atomic E-state index is 12.9. The van der Waals surface area contributed by atoms with Gasteiger partial charge in [-0.15, -0.1) is 0 Å². The van der Waals surface area contributed by atoms with E-state index in [0.717, 1.165) is 31.6 Å². The zero-order chi connectivity index (χ0) is 20.7. The van der Waals surface area contributed by atoms with E-state index in [0.29, 0.717) is 13.1 Å². The molecule has 0 aliphatic carbocycles. The maximum absolute atomic E-state index is 12.9. The standard InChI is InChI=1S/C18H26F3N3O3S/c1-13-15(5-6-16(22-13)18(19,20)21)28(25,26)24-10-8-23(9-11-24)14(2)17(3)7-4-12-27-17/h5-6,14H,4,7-12H2,1-3H3. The molecule has 0 aromatic carbocycles. The highest BCUT2D eigenvalue weighted by atomic mass is 32.2. The summed E-state index contributed by atoms with van der Waals surface area (Å²) in [5.41, 5.74) is -1.46. The molecule has 0 saturated carbocycles. The summed E-state index contributed by atoms with van der Waals surface area (Å²) in [7, 11) is -3.89. The van der Waals surface area contributed by atoms with E-state index in [1.165, 1.54) is 11.2 Å². The Bertz CT molecular complexity index is 815. The number of ether oxygens (including phenoxy) is 1. The van der Waals surface area contributed by atoms with Crippen molar-refractivity contribution in [3.8, 4) is 0 Å². The van der Waals surface area contributed by atoms with Gasteiger partial charge in [0.25, 0.3) is 0 Å². The molecular weight excluding hydrogens is 395 g/mol. The highest BCUT2D eigenvalue weighted by Crippen LogP contribution is 2.33. The smallest absolute Gasteiger partial charge is 0.374 e. The molecule has 3 rings (SSSR count). The number of sulfonamides is 1. The summed E-state index contributed by atoms with van der Waals surface area (Å²) in [6, 6.07) is 1.88. The number of hydrogen-bond acceptors (Lipinski definition) is 5. The SMILES string of the molecule is Cc1nc(C(F)(F)F)ccc1S(=O)(=O)N1CCN(C(C)C2(C)CCCO2)CC1. The van der Waals surface area contributed by atoms with Crippen molar-refractivity contribution < 1.29 is 26.3 Å². The molecule has 1 aromatic rings. The number of pyridine rings is 1. The second-order valence-electron chi connectivity index (χ2n) is 7.66. The molecular formula is C18H26F3N3O3S. The van der Waals surface area contributed by atoms with Gasteiger partial charge in [0.2, 0.25) is 10.0 Å². The number of hydrogen-bond donors (Lipinski definition) is 0. The first-order chi connectivity index (χ1) is 12.9. The fraction of sp³-hybridized carbons (Fsp3) is 0.722. The number of aryl methyl sites for hydroxylation is 1. The second-order valence-corrected chi connectivity index (χ2v) is 9.56. The van der Waals surface area contributed by atoms with Crippen LogP contribution in [0.1, 0.15) is 38.1 Å². The van der Waals surface area contributed by atoms with E-state index in [-0.39, 0.29) is 35.3 Å². The highest BCUT2D eigenvalue weighted by molar-refractivity contribution is 7.89. The van der Waals surface area contributed by atoms with Gasteiger partial charge in [0, 0.05) is 38.8 Å². The number of aromatic nitrogens is 1. The van der Waals surface area contributed by atoms with Crippen molar-refractivity contribution in [2.75, 3.05) is 32.8 Å². The molecule has 2 aliphatic rings. The van der Waals surface area contributed by atoms with E-state index >= 15 is 0 Å². The molecule has 158 valence electrons. The molecule has 0 bridgehead atoms. The quantitative estimate of drug-likeness (QED) is 0.748. The van der Waals surface area contributed by atoms with Crippen LogP contribution >= 0.6 is 0 Å². The summed E-state index contributed by atoms with van der Waals surface area (Å²) in [5, 5.41) is 0. The molecule has 6 nitrogen and oxygen atoms in total. The molecule has 3 heterocycles. The van der Waals surface area contributed by atoms with E-state index in [9.17, 15) is 21.6 Å². The monoisotopic (exact) mass is 421 g/mol. The van der Waals surface area contributed by atoms with Crippen LogP contribution in [0.25, 0.3) is 0 Å². The minimum Gasteiger partial charge on any atom is -0.374 e. The Kier molecular flexibility index (Phi) is 5.79. The predicted octanol–water partition coefficient (Wildman–Crippen LogP) is 2.67. The largest absolute Gasteiger partial charge is 0.433 e. The van der Waals surface area contributed by atoms with Crippen LogP contribution in [0.2, 0.25) is 0 Å². The minimum atomic E-state index is -4.60. The Morgan fingerprint density at radius 3 is 2.36 bits per heavy atom. The lowest BCUT2D eigenvalue weighted by atomic mass is 9.93. The zero-order valence-corrected chi connectivity index (χ0v) is 17.1. The first-order valence-electron chi connectivity index (χ1n) is 9.38. The third kappa shape index (κ3) is 4.05. The van der Waals surface area contributed by atoms with Gasteiger partial charge in [0.05, 0.1) is 11.3 Å². The molecule has 0 spiro atoms. The van der Waals surface area contributed by atoms with Crippen LogP contribution in [0.4, 0.5) is 13.2 Å². The molecule has 1 aromatic heterocycles. The van der Waals surface area contributed by atoms with Gasteiger partial charge >= 0.3 is 6.18 Å². The van der Waals surface area contributed by atoms with Gasteiger partial charge in [-0.25, -0.2) is 13.4 Å². The Balaban J connectivity index is 1.71. The first kappa shape index (κ1) is 21.5. The normalized spacial score (nSPS) is 26.5. The van der Waals surface area contributed by atoms with Gasteiger partial charge in [0.15, 0.2) is 0 Å². The molecule has 2 atom stereocenters. The summed E-state index contributed by atoms with van der Waals surface area (Å²) in [6.45, 7) is 7.88. The van der Waals surface area contributed by atoms with E-state index in [4.69, 9.17) is 4.74 Å². The van der Waals surface area contributed by atoms with Gasteiger partial charge in [-0.3, -0.25) is 4.90 Å². The fourth-order valence-corrected chi connectivity index (χ4v) is 5.55. The number of alkyl halides is 3. The summed E-state index contributed by atoms with van der Waals surface area (Å²) in [4.78, 5) is 5.50. The molecule has 0 amide bonds. The lowest BCUT2D eigenvalue weighted by Crippen LogP contribution is -2.57. The van der Waals surface area contributed by atoms with Crippen LogP contribution in [0, 0.1) is 6.92 Å². The summed E-state index contributed by atoms with van der Waals surface area (Å²) < 4.78 is 71.4. The Morgan fingerprint density at radius 2 is 1.86 bits per heavy atom. The second kappa shape index (κ2) is 7.55. The molecule has 2 unspecified atom stereocenters. The van der Waals surface area contributed by atoms with E-state index in [2.05, 4.69) is 23.7 Å². The van der Waals surface area contributed by atoms with Crippen molar-refractivity contribution in [1.29, 1.82) is 0 Å². The van der Waals surface area contributed by atoms with E-state index in [1.807, 2.05) is 0 Å². The first-order valence-corrected chi connectivity index (χ1v) is 10.8. The molecule has 2 aliphatic heterocycles. The van der Waals surface area contributed by atoms with Crippen molar-refractivity contribution in [3.63, 3.8) is 0 Å². The third-order valence-electron chi connectivity index (χ3n) is 5.90. The average Bonchev–Trinajstić information content (AvgIpc) is 3.08. The molecule has 2 fully saturated rings. The maximum Gasteiger partial charge on any atom is 0.433 e. The lowest BCUT2D eigenvalue weighted by molar-refractivity contribution is -0.141. The topological polar surface area (TPSA) is 62.7 Å². The number of halogens is 3. The Morgan fingerprint density at radius 1 is 1.21 bits per heavy atom. The predicted molar refractivity (Wildman–Crippen MR) is 97.4 cm³/mol.